The van der Waals surface area contributed by atoms with Gasteiger partial charge in [0.1, 0.15) is 0 Å². The Kier molecular flexibility index (Phi) is 6.06. The predicted molar refractivity (Wildman–Crippen MR) is 162 cm³/mol. The number of nitrogens with zero attached hydrogens (tertiary/aromatic N) is 7. The molecule has 0 spiro atoms. The van der Waals surface area contributed by atoms with Gasteiger partial charge in [-0.15, -0.1) is 5.10 Å². The molecule has 0 saturated heterocycles. The van der Waals surface area contributed by atoms with Crippen molar-refractivity contribution in [2.45, 2.75) is 45.1 Å². The number of carbonyl (C=O) groups excluding carboxylic acids is 1. The van der Waals surface area contributed by atoms with E-state index < -0.39 is 0 Å². The Morgan fingerprint density at radius 2 is 1.74 bits per heavy atom. The zero-order chi connectivity index (χ0) is 29.0. The van der Waals surface area contributed by atoms with Crippen molar-refractivity contribution in [1.29, 1.82) is 0 Å². The van der Waals surface area contributed by atoms with Crippen molar-refractivity contribution in [3.05, 3.63) is 72.6 Å². The van der Waals surface area contributed by atoms with Gasteiger partial charge in [0.2, 0.25) is 17.8 Å². The fourth-order valence-corrected chi connectivity index (χ4v) is 7.94. The Morgan fingerprint density at radius 1 is 0.953 bits per heavy atom. The third kappa shape index (κ3) is 4.84. The highest BCUT2D eigenvalue weighted by Gasteiger charge is 2.54. The molecule has 4 saturated carbocycles. The van der Waals surface area contributed by atoms with E-state index in [0.29, 0.717) is 23.7 Å². The van der Waals surface area contributed by atoms with E-state index in [4.69, 9.17) is 10.7 Å². The molecule has 4 bridgehead atoms. The predicted octanol–water partition coefficient (Wildman–Crippen LogP) is 4.83. The molecule has 0 aliphatic heterocycles. The largest absolute Gasteiger partial charge is 0.368 e. The van der Waals surface area contributed by atoms with E-state index in [1.165, 1.54) is 19.3 Å². The van der Waals surface area contributed by atoms with E-state index >= 15 is 0 Å². The molecule has 0 unspecified atom stereocenters. The lowest BCUT2D eigenvalue weighted by atomic mass is 9.49. The van der Waals surface area contributed by atoms with Gasteiger partial charge < -0.3 is 16.4 Å². The van der Waals surface area contributed by atoms with Gasteiger partial charge in [-0.2, -0.15) is 9.67 Å². The normalized spacial score (nSPS) is 23.9. The van der Waals surface area contributed by atoms with Crippen LogP contribution in [-0.2, 0) is 11.3 Å². The average molecular weight is 573 g/mol. The lowest BCUT2D eigenvalue weighted by molar-refractivity contribution is -0.146. The molecule has 1 amide bonds. The molecule has 43 heavy (non-hydrogen) atoms. The number of amides is 1. The van der Waals surface area contributed by atoms with Gasteiger partial charge in [0, 0.05) is 29.4 Å². The number of benzene rings is 2. The second kappa shape index (κ2) is 10.1. The SMILES string of the molecule is Nc1nccc(-c2cccc(Nc3ncc4nnn(-c5cccc(CNC(=O)C67CC8CC(CC(C8)C6)C7)c5)c4n3)c2)n1. The maximum absolute atomic E-state index is 13.5. The van der Waals surface area contributed by atoms with Crippen LogP contribution >= 0.6 is 0 Å². The number of fused-ring (bicyclic) bond motifs is 1. The molecule has 4 aliphatic carbocycles. The first-order valence-corrected chi connectivity index (χ1v) is 14.9. The molecule has 4 N–H and O–H groups in total. The Hall–Kier alpha value is -4.93. The van der Waals surface area contributed by atoms with Crippen LogP contribution in [0.25, 0.3) is 28.1 Å². The molecule has 5 aromatic rings. The number of nitrogens with two attached hydrogens (primary N) is 1. The first-order valence-electron chi connectivity index (χ1n) is 14.9. The molecule has 0 radical (unpaired) electrons. The number of hydrogen-bond acceptors (Lipinski definition) is 9. The maximum Gasteiger partial charge on any atom is 0.229 e. The number of anilines is 3. The van der Waals surface area contributed by atoms with Gasteiger partial charge in [-0.3, -0.25) is 4.79 Å². The molecule has 11 heteroatoms. The van der Waals surface area contributed by atoms with Gasteiger partial charge >= 0.3 is 0 Å². The molecular formula is C32H32N10O. The number of carbonyl (C=O) groups is 1. The summed E-state index contributed by atoms with van der Waals surface area (Å²) in [5, 5.41) is 15.2. The summed E-state index contributed by atoms with van der Waals surface area (Å²) in [6.45, 7) is 0.483. The summed E-state index contributed by atoms with van der Waals surface area (Å²) >= 11 is 0. The fraction of sp³-hybridized carbons (Fsp3) is 0.344. The highest BCUT2D eigenvalue weighted by molar-refractivity contribution is 5.83. The number of nitrogen functional groups attached to an aromatic ring is 1. The summed E-state index contributed by atoms with van der Waals surface area (Å²) < 4.78 is 1.70. The van der Waals surface area contributed by atoms with Crippen LogP contribution < -0.4 is 16.4 Å². The van der Waals surface area contributed by atoms with E-state index in [0.717, 1.165) is 65.2 Å². The summed E-state index contributed by atoms with van der Waals surface area (Å²) in [6, 6.07) is 17.6. The van der Waals surface area contributed by atoms with Crippen molar-refractivity contribution >= 4 is 34.7 Å². The Labute approximate surface area is 248 Å². The second-order valence-electron chi connectivity index (χ2n) is 12.5. The summed E-state index contributed by atoms with van der Waals surface area (Å²) in [4.78, 5) is 30.9. The Balaban J connectivity index is 1.00. The summed E-state index contributed by atoms with van der Waals surface area (Å²) in [5.41, 5.74) is 11.0. The highest BCUT2D eigenvalue weighted by atomic mass is 16.2. The average Bonchev–Trinajstić information content (AvgIpc) is 3.43. The standard InChI is InChI=1S/C32H32N10O/c33-30-34-8-7-26(38-30)23-4-2-5-24(13-23)37-31-36-18-27-28(39-31)42(41-40-27)25-6-1-3-19(12-25)17-35-29(43)32-14-20-9-21(15-32)11-22(10-20)16-32/h1-8,12-13,18,20-22H,9-11,14-17H2,(H,35,43)(H2,33,34,38)(H,36,37,39). The van der Waals surface area contributed by atoms with Crippen LogP contribution in [0.15, 0.2) is 67.0 Å². The fourth-order valence-electron chi connectivity index (χ4n) is 7.94. The van der Waals surface area contributed by atoms with E-state index in [1.807, 2.05) is 54.6 Å². The number of hydrogen-bond donors (Lipinski definition) is 3. The van der Waals surface area contributed by atoms with E-state index in [-0.39, 0.29) is 17.3 Å². The minimum absolute atomic E-state index is 0.156. The third-order valence-electron chi connectivity index (χ3n) is 9.41. The topological polar surface area (TPSA) is 149 Å². The Bertz CT molecular complexity index is 1810. The highest BCUT2D eigenvalue weighted by Crippen LogP contribution is 2.60. The lowest BCUT2D eigenvalue weighted by Gasteiger charge is -2.55. The van der Waals surface area contributed by atoms with E-state index in [9.17, 15) is 4.79 Å². The van der Waals surface area contributed by atoms with Crippen molar-refractivity contribution in [1.82, 2.24) is 40.2 Å². The van der Waals surface area contributed by atoms with Crippen LogP contribution in [0.3, 0.4) is 0 Å². The van der Waals surface area contributed by atoms with Crippen LogP contribution in [0.4, 0.5) is 17.6 Å². The van der Waals surface area contributed by atoms with Crippen molar-refractivity contribution in [2.75, 3.05) is 11.1 Å². The second-order valence-corrected chi connectivity index (χ2v) is 12.5. The minimum Gasteiger partial charge on any atom is -0.368 e. The van der Waals surface area contributed by atoms with Crippen LogP contribution in [0.5, 0.6) is 0 Å². The third-order valence-corrected chi connectivity index (χ3v) is 9.41. The van der Waals surface area contributed by atoms with Gasteiger partial charge in [0.05, 0.1) is 17.6 Å². The molecule has 216 valence electrons. The number of aromatic nitrogens is 7. The van der Waals surface area contributed by atoms with Gasteiger partial charge in [-0.25, -0.2) is 15.0 Å². The van der Waals surface area contributed by atoms with Crippen molar-refractivity contribution < 1.29 is 4.79 Å². The summed E-state index contributed by atoms with van der Waals surface area (Å²) in [5.74, 6) is 3.09. The molecule has 4 fully saturated rings. The van der Waals surface area contributed by atoms with Crippen molar-refractivity contribution in [3.8, 4) is 16.9 Å². The molecule has 3 heterocycles. The quantitative estimate of drug-likeness (QED) is 0.249. The maximum atomic E-state index is 13.5. The smallest absolute Gasteiger partial charge is 0.229 e. The van der Waals surface area contributed by atoms with Gasteiger partial charge in [0.15, 0.2) is 11.2 Å². The summed E-state index contributed by atoms with van der Waals surface area (Å²) in [6.07, 6.45) is 10.4. The number of nitrogens with one attached hydrogen (secondary N) is 2. The van der Waals surface area contributed by atoms with Crippen molar-refractivity contribution in [3.63, 3.8) is 0 Å². The molecule has 0 atom stereocenters. The molecular weight excluding hydrogens is 540 g/mol. The van der Waals surface area contributed by atoms with Crippen LogP contribution in [0.1, 0.15) is 44.1 Å². The molecule has 3 aromatic heterocycles. The van der Waals surface area contributed by atoms with Crippen molar-refractivity contribution in [2.24, 2.45) is 23.2 Å². The molecule has 11 nitrogen and oxygen atoms in total. The minimum atomic E-state index is -0.156. The molecule has 9 rings (SSSR count). The molecule has 4 aliphatic rings. The summed E-state index contributed by atoms with van der Waals surface area (Å²) in [7, 11) is 0. The molecule has 2 aromatic carbocycles. The van der Waals surface area contributed by atoms with Crippen LogP contribution in [-0.4, -0.2) is 40.8 Å². The van der Waals surface area contributed by atoms with E-state index in [1.54, 1.807) is 17.1 Å². The monoisotopic (exact) mass is 572 g/mol. The first kappa shape index (κ1) is 25.8. The van der Waals surface area contributed by atoms with Gasteiger partial charge in [-0.1, -0.05) is 29.5 Å². The van der Waals surface area contributed by atoms with E-state index in [2.05, 4.69) is 35.9 Å². The first-order chi connectivity index (χ1) is 21.0. The van der Waals surface area contributed by atoms with Crippen LogP contribution in [0.2, 0.25) is 0 Å². The number of rotatable bonds is 7. The lowest BCUT2D eigenvalue weighted by Crippen LogP contribution is -2.53. The van der Waals surface area contributed by atoms with Crippen LogP contribution in [0, 0.1) is 23.2 Å². The van der Waals surface area contributed by atoms with Gasteiger partial charge in [-0.05, 0) is 92.2 Å². The zero-order valence-corrected chi connectivity index (χ0v) is 23.6. The zero-order valence-electron chi connectivity index (χ0n) is 23.6. The Morgan fingerprint density at radius 3 is 2.53 bits per heavy atom. The van der Waals surface area contributed by atoms with Gasteiger partial charge in [0.25, 0.3) is 0 Å².